The van der Waals surface area contributed by atoms with E-state index in [4.69, 9.17) is 10.5 Å². The molecule has 0 fully saturated rings. The predicted octanol–water partition coefficient (Wildman–Crippen LogP) is 3.95. The van der Waals surface area contributed by atoms with E-state index < -0.39 is 4.92 Å². The highest BCUT2D eigenvalue weighted by atomic mass is 32.2. The Morgan fingerprint density at radius 3 is 2.52 bits per heavy atom. The lowest BCUT2D eigenvalue weighted by atomic mass is 10.1. The summed E-state index contributed by atoms with van der Waals surface area (Å²) in [6.07, 6.45) is 0. The predicted molar refractivity (Wildman–Crippen MR) is 84.1 cm³/mol. The zero-order valence-electron chi connectivity index (χ0n) is 12.0. The zero-order chi connectivity index (χ0) is 15.6. The fourth-order valence-corrected chi connectivity index (χ4v) is 3.12. The number of nitrogens with zero attached hydrogens (tertiary/aromatic N) is 1. The third-order valence-corrected chi connectivity index (χ3v) is 4.20. The summed E-state index contributed by atoms with van der Waals surface area (Å²) in [6.45, 7) is 3.90. The van der Waals surface area contributed by atoms with E-state index in [-0.39, 0.29) is 5.69 Å². The lowest BCUT2D eigenvalue weighted by Crippen LogP contribution is -1.96. The molecule has 0 saturated heterocycles. The quantitative estimate of drug-likeness (QED) is 0.525. The first kappa shape index (κ1) is 15.2. The minimum absolute atomic E-state index is 0.0120. The summed E-state index contributed by atoms with van der Waals surface area (Å²) < 4.78 is 5.03. The highest BCUT2D eigenvalue weighted by molar-refractivity contribution is 7.99. The molecule has 6 heteroatoms. The molecule has 0 amide bonds. The number of nitrogens with two attached hydrogens (primary N) is 1. The van der Waals surface area contributed by atoms with Crippen LogP contribution in [0.25, 0.3) is 0 Å². The second-order valence-corrected chi connectivity index (χ2v) is 5.77. The van der Waals surface area contributed by atoms with E-state index in [1.165, 1.54) is 24.9 Å². The van der Waals surface area contributed by atoms with Crippen molar-refractivity contribution in [2.75, 3.05) is 12.8 Å². The number of hydrogen-bond donors (Lipinski definition) is 1. The van der Waals surface area contributed by atoms with Gasteiger partial charge in [0.15, 0.2) is 0 Å². The maximum Gasteiger partial charge on any atom is 0.286 e. The summed E-state index contributed by atoms with van der Waals surface area (Å²) in [6, 6.07) is 8.72. The van der Waals surface area contributed by atoms with Crippen LogP contribution in [-0.2, 0) is 0 Å². The molecule has 0 radical (unpaired) electrons. The molecule has 0 aliphatic heterocycles. The van der Waals surface area contributed by atoms with E-state index in [2.05, 4.69) is 0 Å². The normalized spacial score (nSPS) is 10.4. The average Bonchev–Trinajstić information content (AvgIpc) is 2.44. The molecule has 0 aliphatic rings. The Balaban J connectivity index is 2.47. The number of methoxy groups -OCH3 is 1. The molecular formula is C15H16N2O3S. The SMILES string of the molecule is COc1ccc(Sc2cc(C)cc(C)c2N)c([N+](=O)[O-])c1. The highest BCUT2D eigenvalue weighted by Gasteiger charge is 2.17. The van der Waals surface area contributed by atoms with Crippen LogP contribution in [0.5, 0.6) is 5.75 Å². The second-order valence-electron chi connectivity index (χ2n) is 4.69. The first-order valence-corrected chi connectivity index (χ1v) is 7.11. The van der Waals surface area contributed by atoms with Crippen LogP contribution in [0.3, 0.4) is 0 Å². The third-order valence-electron chi connectivity index (χ3n) is 3.08. The molecule has 0 heterocycles. The van der Waals surface area contributed by atoms with E-state index in [1.807, 2.05) is 26.0 Å². The number of anilines is 1. The van der Waals surface area contributed by atoms with Gasteiger partial charge in [-0.15, -0.1) is 0 Å². The van der Waals surface area contributed by atoms with Gasteiger partial charge in [-0.05, 0) is 43.2 Å². The van der Waals surface area contributed by atoms with Crippen LogP contribution in [0.4, 0.5) is 11.4 Å². The molecule has 0 atom stereocenters. The van der Waals surface area contributed by atoms with Crippen molar-refractivity contribution in [3.8, 4) is 5.75 Å². The van der Waals surface area contributed by atoms with Crippen LogP contribution in [0, 0.1) is 24.0 Å². The second kappa shape index (κ2) is 6.05. The molecule has 0 spiro atoms. The van der Waals surface area contributed by atoms with Gasteiger partial charge in [0.1, 0.15) is 5.75 Å². The monoisotopic (exact) mass is 304 g/mol. The van der Waals surface area contributed by atoms with Crippen molar-refractivity contribution in [1.82, 2.24) is 0 Å². The van der Waals surface area contributed by atoms with Crippen molar-refractivity contribution < 1.29 is 9.66 Å². The van der Waals surface area contributed by atoms with Crippen molar-refractivity contribution in [2.24, 2.45) is 0 Å². The summed E-state index contributed by atoms with van der Waals surface area (Å²) in [5, 5.41) is 11.2. The summed E-state index contributed by atoms with van der Waals surface area (Å²) in [4.78, 5) is 12.2. The first-order valence-electron chi connectivity index (χ1n) is 6.29. The van der Waals surface area contributed by atoms with Crippen LogP contribution < -0.4 is 10.5 Å². The number of nitro groups is 1. The molecular weight excluding hydrogens is 288 g/mol. The Labute approximate surface area is 127 Å². The largest absolute Gasteiger partial charge is 0.497 e. The van der Waals surface area contributed by atoms with Crippen molar-refractivity contribution in [2.45, 2.75) is 23.6 Å². The van der Waals surface area contributed by atoms with Crippen LogP contribution >= 0.6 is 11.8 Å². The Morgan fingerprint density at radius 2 is 1.90 bits per heavy atom. The van der Waals surface area contributed by atoms with Gasteiger partial charge in [0.25, 0.3) is 5.69 Å². The van der Waals surface area contributed by atoms with E-state index in [0.717, 1.165) is 16.0 Å². The average molecular weight is 304 g/mol. The van der Waals surface area contributed by atoms with Crippen molar-refractivity contribution >= 4 is 23.1 Å². The first-order chi connectivity index (χ1) is 9.92. The smallest absolute Gasteiger partial charge is 0.286 e. The standard InChI is InChI=1S/C15H16N2O3S/c1-9-6-10(2)15(16)14(7-9)21-13-5-4-11(20-3)8-12(13)17(18)19/h4-8H,16H2,1-3H3. The van der Waals surface area contributed by atoms with Crippen LogP contribution in [0.1, 0.15) is 11.1 Å². The van der Waals surface area contributed by atoms with Crippen LogP contribution in [0.15, 0.2) is 40.1 Å². The van der Waals surface area contributed by atoms with Crippen molar-refractivity contribution in [3.05, 3.63) is 51.6 Å². The zero-order valence-corrected chi connectivity index (χ0v) is 12.9. The Morgan fingerprint density at radius 1 is 1.19 bits per heavy atom. The summed E-state index contributed by atoms with van der Waals surface area (Å²) in [5.41, 5.74) is 8.76. The maximum absolute atomic E-state index is 11.2. The van der Waals surface area contributed by atoms with Gasteiger partial charge >= 0.3 is 0 Å². The van der Waals surface area contributed by atoms with Crippen molar-refractivity contribution in [1.29, 1.82) is 0 Å². The maximum atomic E-state index is 11.2. The van der Waals surface area contributed by atoms with Gasteiger partial charge in [-0.3, -0.25) is 10.1 Å². The molecule has 2 aromatic carbocycles. The van der Waals surface area contributed by atoms with Crippen molar-refractivity contribution in [3.63, 3.8) is 0 Å². The molecule has 0 unspecified atom stereocenters. The van der Waals surface area contributed by atoms with Gasteiger partial charge in [-0.25, -0.2) is 0 Å². The molecule has 0 saturated carbocycles. The van der Waals surface area contributed by atoms with E-state index in [0.29, 0.717) is 16.3 Å². The van der Waals surface area contributed by atoms with Gasteiger partial charge < -0.3 is 10.5 Å². The Kier molecular flexibility index (Phi) is 4.37. The number of benzene rings is 2. The van der Waals surface area contributed by atoms with Gasteiger partial charge in [0, 0.05) is 10.6 Å². The Bertz CT molecular complexity index is 702. The highest BCUT2D eigenvalue weighted by Crippen LogP contribution is 2.40. The summed E-state index contributed by atoms with van der Waals surface area (Å²) in [5.74, 6) is 0.458. The third kappa shape index (κ3) is 3.28. The molecule has 0 aromatic heterocycles. The minimum Gasteiger partial charge on any atom is -0.497 e. The minimum atomic E-state index is -0.413. The summed E-state index contributed by atoms with van der Waals surface area (Å²) >= 11 is 1.29. The van der Waals surface area contributed by atoms with Gasteiger partial charge in [-0.2, -0.15) is 0 Å². The molecule has 0 aliphatic carbocycles. The Hall–Kier alpha value is -2.21. The fraction of sp³-hybridized carbons (Fsp3) is 0.200. The number of aryl methyl sites for hydroxylation is 2. The molecule has 2 aromatic rings. The molecule has 0 bridgehead atoms. The number of hydrogen-bond acceptors (Lipinski definition) is 5. The van der Waals surface area contributed by atoms with E-state index in [9.17, 15) is 10.1 Å². The van der Waals surface area contributed by atoms with Gasteiger partial charge in [0.05, 0.1) is 23.0 Å². The van der Waals surface area contributed by atoms with Crippen LogP contribution in [-0.4, -0.2) is 12.0 Å². The number of nitrogen functional groups attached to an aromatic ring is 1. The van der Waals surface area contributed by atoms with E-state index in [1.54, 1.807) is 12.1 Å². The van der Waals surface area contributed by atoms with Crippen LogP contribution in [0.2, 0.25) is 0 Å². The number of nitro benzene ring substituents is 1. The topological polar surface area (TPSA) is 78.4 Å². The molecule has 5 nitrogen and oxygen atoms in total. The fourth-order valence-electron chi connectivity index (χ4n) is 2.00. The molecule has 2 N–H and O–H groups in total. The lowest BCUT2D eigenvalue weighted by molar-refractivity contribution is -0.387. The van der Waals surface area contributed by atoms with Gasteiger partial charge in [-0.1, -0.05) is 17.8 Å². The number of ether oxygens (including phenoxy) is 1. The van der Waals surface area contributed by atoms with E-state index >= 15 is 0 Å². The molecule has 2 rings (SSSR count). The van der Waals surface area contributed by atoms with Gasteiger partial charge in [0.2, 0.25) is 0 Å². The summed E-state index contributed by atoms with van der Waals surface area (Å²) in [7, 11) is 1.48. The molecule has 21 heavy (non-hydrogen) atoms. The lowest BCUT2D eigenvalue weighted by Gasteiger charge is -2.10. The number of rotatable bonds is 4. The molecule has 110 valence electrons.